The number of hydrogen-bond acceptors (Lipinski definition) is 2. The Hall–Kier alpha value is -0.0800. The van der Waals surface area contributed by atoms with Gasteiger partial charge in [-0.25, -0.2) is 0 Å². The maximum Gasteiger partial charge on any atom is 0.0517 e. The number of aliphatic hydroxyl groups excluding tert-OH is 1. The van der Waals surface area contributed by atoms with Gasteiger partial charge in [0, 0.05) is 13.2 Å². The Kier molecular flexibility index (Phi) is 6.39. The average Bonchev–Trinajstić information content (AvgIpc) is 1.98. The fraction of sp³-hybridized carbons (Fsp3) is 1.00. The van der Waals surface area contributed by atoms with Gasteiger partial charge in [0.25, 0.3) is 0 Å². The van der Waals surface area contributed by atoms with Crippen LogP contribution in [0.5, 0.6) is 0 Å². The van der Waals surface area contributed by atoms with Crippen LogP contribution in [-0.2, 0) is 4.74 Å². The summed E-state index contributed by atoms with van der Waals surface area (Å²) in [4.78, 5) is 0. The second-order valence-electron chi connectivity index (χ2n) is 4.04. The van der Waals surface area contributed by atoms with Crippen molar-refractivity contribution < 1.29 is 9.84 Å². The summed E-state index contributed by atoms with van der Waals surface area (Å²) in [5.41, 5.74) is 0.296. The van der Waals surface area contributed by atoms with Crippen LogP contribution in [0.15, 0.2) is 0 Å². The van der Waals surface area contributed by atoms with E-state index in [1.165, 1.54) is 12.8 Å². The Bertz CT molecular complexity index is 100. The van der Waals surface area contributed by atoms with E-state index in [2.05, 4.69) is 20.8 Å². The Morgan fingerprint density at radius 1 is 1.33 bits per heavy atom. The van der Waals surface area contributed by atoms with Crippen LogP contribution in [-0.4, -0.2) is 24.9 Å². The van der Waals surface area contributed by atoms with Crippen molar-refractivity contribution in [2.45, 2.75) is 40.0 Å². The zero-order chi connectivity index (χ0) is 9.45. The highest BCUT2D eigenvalue weighted by molar-refractivity contribution is 4.66. The second kappa shape index (κ2) is 6.44. The molecule has 0 aliphatic carbocycles. The summed E-state index contributed by atoms with van der Waals surface area (Å²) in [5.74, 6) is 0. The molecule has 1 N–H and O–H groups in total. The lowest BCUT2D eigenvalue weighted by Crippen LogP contribution is -2.19. The first-order valence-electron chi connectivity index (χ1n) is 4.81. The van der Waals surface area contributed by atoms with Gasteiger partial charge in [0.2, 0.25) is 0 Å². The molecule has 0 saturated carbocycles. The van der Waals surface area contributed by atoms with E-state index < -0.39 is 0 Å². The van der Waals surface area contributed by atoms with E-state index in [1.54, 1.807) is 0 Å². The number of aliphatic hydroxyl groups is 1. The Morgan fingerprint density at radius 3 is 2.50 bits per heavy atom. The summed E-state index contributed by atoms with van der Waals surface area (Å²) >= 11 is 0. The van der Waals surface area contributed by atoms with Crippen molar-refractivity contribution in [1.29, 1.82) is 0 Å². The lowest BCUT2D eigenvalue weighted by Gasteiger charge is -2.23. The molecule has 0 heterocycles. The topological polar surface area (TPSA) is 29.5 Å². The second-order valence-corrected chi connectivity index (χ2v) is 4.04. The van der Waals surface area contributed by atoms with E-state index in [9.17, 15) is 0 Å². The predicted octanol–water partition coefficient (Wildman–Crippen LogP) is 2.21. The van der Waals surface area contributed by atoms with E-state index in [1.807, 2.05) is 0 Å². The van der Waals surface area contributed by atoms with Gasteiger partial charge in [0.1, 0.15) is 0 Å². The SMILES string of the molecule is CCCC(C)(C)COCCCO. The summed E-state index contributed by atoms with van der Waals surface area (Å²) < 4.78 is 5.43. The standard InChI is InChI=1S/C10H22O2/c1-4-6-10(2,3)9-12-8-5-7-11/h11H,4-9H2,1-3H3. The number of rotatable bonds is 7. The van der Waals surface area contributed by atoms with Gasteiger partial charge >= 0.3 is 0 Å². The van der Waals surface area contributed by atoms with Crippen molar-refractivity contribution in [3.63, 3.8) is 0 Å². The van der Waals surface area contributed by atoms with Gasteiger partial charge in [0.15, 0.2) is 0 Å². The molecular weight excluding hydrogens is 152 g/mol. The van der Waals surface area contributed by atoms with Gasteiger partial charge in [-0.2, -0.15) is 0 Å². The largest absolute Gasteiger partial charge is 0.396 e. The summed E-state index contributed by atoms with van der Waals surface area (Å²) in [6.07, 6.45) is 3.16. The zero-order valence-corrected chi connectivity index (χ0v) is 8.60. The predicted molar refractivity (Wildman–Crippen MR) is 51.2 cm³/mol. The van der Waals surface area contributed by atoms with Gasteiger partial charge < -0.3 is 9.84 Å². The molecule has 0 aliphatic heterocycles. The van der Waals surface area contributed by atoms with Crippen LogP contribution in [0, 0.1) is 5.41 Å². The highest BCUT2D eigenvalue weighted by Crippen LogP contribution is 2.22. The first kappa shape index (κ1) is 11.9. The molecule has 0 aliphatic rings. The van der Waals surface area contributed by atoms with Crippen LogP contribution in [0.4, 0.5) is 0 Å². The molecule has 0 aromatic rings. The molecule has 0 radical (unpaired) electrons. The molecule has 0 aromatic heterocycles. The van der Waals surface area contributed by atoms with Crippen molar-refractivity contribution in [1.82, 2.24) is 0 Å². The molecular formula is C10H22O2. The summed E-state index contributed by atoms with van der Waals surface area (Å²) in [6.45, 7) is 8.35. The third-order valence-electron chi connectivity index (χ3n) is 1.87. The summed E-state index contributed by atoms with van der Waals surface area (Å²) in [6, 6.07) is 0. The van der Waals surface area contributed by atoms with Crippen molar-refractivity contribution in [3.8, 4) is 0 Å². The quantitative estimate of drug-likeness (QED) is 0.600. The summed E-state index contributed by atoms with van der Waals surface area (Å²) in [7, 11) is 0. The van der Waals surface area contributed by atoms with E-state index >= 15 is 0 Å². The maximum absolute atomic E-state index is 8.52. The van der Waals surface area contributed by atoms with Crippen LogP contribution in [0.3, 0.4) is 0 Å². The zero-order valence-electron chi connectivity index (χ0n) is 8.60. The lowest BCUT2D eigenvalue weighted by atomic mass is 9.89. The molecule has 0 aromatic carbocycles. The molecule has 74 valence electrons. The molecule has 2 nitrogen and oxygen atoms in total. The molecule has 0 spiro atoms. The van der Waals surface area contributed by atoms with Gasteiger partial charge in [-0.1, -0.05) is 27.2 Å². The third kappa shape index (κ3) is 6.62. The molecule has 0 atom stereocenters. The van der Waals surface area contributed by atoms with Crippen molar-refractivity contribution >= 4 is 0 Å². The fourth-order valence-corrected chi connectivity index (χ4v) is 1.26. The van der Waals surface area contributed by atoms with Crippen LogP contribution >= 0.6 is 0 Å². The van der Waals surface area contributed by atoms with E-state index in [0.29, 0.717) is 12.0 Å². The molecule has 0 saturated heterocycles. The highest BCUT2D eigenvalue weighted by Gasteiger charge is 2.16. The average molecular weight is 174 g/mol. The highest BCUT2D eigenvalue weighted by atomic mass is 16.5. The molecule has 2 heteroatoms. The molecule has 0 fully saturated rings. The molecule has 12 heavy (non-hydrogen) atoms. The van der Waals surface area contributed by atoms with E-state index in [0.717, 1.165) is 13.0 Å². The van der Waals surface area contributed by atoms with Gasteiger partial charge in [0.05, 0.1) is 6.61 Å². The van der Waals surface area contributed by atoms with Crippen LogP contribution in [0.25, 0.3) is 0 Å². The minimum absolute atomic E-state index is 0.230. The minimum Gasteiger partial charge on any atom is -0.396 e. The summed E-state index contributed by atoms with van der Waals surface area (Å²) in [5, 5.41) is 8.52. The monoisotopic (exact) mass is 174 g/mol. The first-order chi connectivity index (χ1) is 5.62. The lowest BCUT2D eigenvalue weighted by molar-refractivity contribution is 0.0493. The van der Waals surface area contributed by atoms with E-state index in [-0.39, 0.29) is 6.61 Å². The molecule has 0 bridgehead atoms. The van der Waals surface area contributed by atoms with Crippen molar-refractivity contribution in [2.75, 3.05) is 19.8 Å². The van der Waals surface area contributed by atoms with Gasteiger partial charge in [-0.3, -0.25) is 0 Å². The molecule has 0 amide bonds. The molecule has 0 unspecified atom stereocenters. The normalized spacial score (nSPS) is 12.0. The van der Waals surface area contributed by atoms with Crippen LogP contribution in [0.1, 0.15) is 40.0 Å². The first-order valence-corrected chi connectivity index (χ1v) is 4.81. The van der Waals surface area contributed by atoms with Crippen molar-refractivity contribution in [3.05, 3.63) is 0 Å². The van der Waals surface area contributed by atoms with Gasteiger partial charge in [-0.05, 0) is 18.3 Å². The number of hydrogen-bond donors (Lipinski definition) is 1. The van der Waals surface area contributed by atoms with Crippen LogP contribution < -0.4 is 0 Å². The number of ether oxygens (including phenoxy) is 1. The van der Waals surface area contributed by atoms with E-state index in [4.69, 9.17) is 9.84 Å². The fourth-order valence-electron chi connectivity index (χ4n) is 1.26. The Morgan fingerprint density at radius 2 is 2.00 bits per heavy atom. The van der Waals surface area contributed by atoms with Crippen LogP contribution in [0.2, 0.25) is 0 Å². The van der Waals surface area contributed by atoms with Gasteiger partial charge in [-0.15, -0.1) is 0 Å². The minimum atomic E-state index is 0.230. The Labute approximate surface area is 75.9 Å². The van der Waals surface area contributed by atoms with Crippen molar-refractivity contribution in [2.24, 2.45) is 5.41 Å². The molecule has 0 rings (SSSR count). The maximum atomic E-state index is 8.52. The Balaban J connectivity index is 3.33. The smallest absolute Gasteiger partial charge is 0.0517 e. The third-order valence-corrected chi connectivity index (χ3v) is 1.87.